The molecular formula is C12H24O2. The van der Waals surface area contributed by atoms with E-state index in [0.29, 0.717) is 0 Å². The quantitative estimate of drug-likeness (QED) is 0.591. The highest BCUT2D eigenvalue weighted by Gasteiger charge is 2.01. The van der Waals surface area contributed by atoms with Gasteiger partial charge in [-0.2, -0.15) is 0 Å². The monoisotopic (exact) mass is 200 g/mol. The van der Waals surface area contributed by atoms with Crippen molar-refractivity contribution in [3.63, 3.8) is 0 Å². The van der Waals surface area contributed by atoms with E-state index in [1.54, 1.807) is 12.2 Å². The molecule has 0 aliphatic carbocycles. The smallest absolute Gasteiger partial charge is 0.0721 e. The summed E-state index contributed by atoms with van der Waals surface area (Å²) in [5, 5.41) is 18.9. The molecular weight excluding hydrogens is 176 g/mol. The third-order valence-electron chi connectivity index (χ3n) is 2.26. The van der Waals surface area contributed by atoms with Gasteiger partial charge in [0.25, 0.3) is 0 Å². The van der Waals surface area contributed by atoms with E-state index in [9.17, 15) is 10.2 Å². The molecule has 84 valence electrons. The summed E-state index contributed by atoms with van der Waals surface area (Å²) in [6, 6.07) is 0. The zero-order valence-electron chi connectivity index (χ0n) is 9.45. The summed E-state index contributed by atoms with van der Waals surface area (Å²) in [5.41, 5.74) is 0. The molecule has 2 atom stereocenters. The van der Waals surface area contributed by atoms with Crippen molar-refractivity contribution in [1.29, 1.82) is 0 Å². The van der Waals surface area contributed by atoms with E-state index >= 15 is 0 Å². The lowest BCUT2D eigenvalue weighted by Gasteiger charge is -2.06. The number of aliphatic hydroxyl groups is 2. The summed E-state index contributed by atoms with van der Waals surface area (Å²) >= 11 is 0. The SMILES string of the molecule is CCCC[C@@H](O)/C=C/[C@H](O)CCCC. The third kappa shape index (κ3) is 8.27. The van der Waals surface area contributed by atoms with Crippen molar-refractivity contribution < 1.29 is 10.2 Å². The van der Waals surface area contributed by atoms with Gasteiger partial charge in [-0.1, -0.05) is 51.7 Å². The lowest BCUT2D eigenvalue weighted by molar-refractivity contribution is 0.193. The van der Waals surface area contributed by atoms with Crippen molar-refractivity contribution in [2.24, 2.45) is 0 Å². The Hall–Kier alpha value is -0.340. The van der Waals surface area contributed by atoms with E-state index in [1.807, 2.05) is 0 Å². The average Bonchev–Trinajstić information content (AvgIpc) is 2.20. The minimum atomic E-state index is -0.383. The highest BCUT2D eigenvalue weighted by Crippen LogP contribution is 2.05. The van der Waals surface area contributed by atoms with Crippen molar-refractivity contribution in [3.8, 4) is 0 Å². The van der Waals surface area contributed by atoms with Crippen LogP contribution in [0.4, 0.5) is 0 Å². The zero-order chi connectivity index (χ0) is 10.8. The second-order valence-electron chi connectivity index (χ2n) is 3.80. The van der Waals surface area contributed by atoms with Crippen molar-refractivity contribution in [3.05, 3.63) is 12.2 Å². The lowest BCUT2D eigenvalue weighted by Crippen LogP contribution is -2.06. The Morgan fingerprint density at radius 3 is 1.50 bits per heavy atom. The first-order valence-electron chi connectivity index (χ1n) is 5.75. The number of unbranched alkanes of at least 4 members (excludes halogenated alkanes) is 2. The fraction of sp³-hybridized carbons (Fsp3) is 0.833. The molecule has 0 spiro atoms. The van der Waals surface area contributed by atoms with Crippen LogP contribution >= 0.6 is 0 Å². The second-order valence-corrected chi connectivity index (χ2v) is 3.80. The fourth-order valence-electron chi connectivity index (χ4n) is 1.28. The van der Waals surface area contributed by atoms with E-state index < -0.39 is 0 Å². The molecule has 14 heavy (non-hydrogen) atoms. The van der Waals surface area contributed by atoms with Gasteiger partial charge in [0.1, 0.15) is 0 Å². The third-order valence-corrected chi connectivity index (χ3v) is 2.26. The molecule has 2 N–H and O–H groups in total. The largest absolute Gasteiger partial charge is 0.389 e. The number of hydrogen-bond acceptors (Lipinski definition) is 2. The molecule has 0 rings (SSSR count). The molecule has 0 aliphatic heterocycles. The van der Waals surface area contributed by atoms with E-state index in [0.717, 1.165) is 38.5 Å². The Kier molecular flexibility index (Phi) is 9.00. The first kappa shape index (κ1) is 13.7. The van der Waals surface area contributed by atoms with Gasteiger partial charge in [-0.25, -0.2) is 0 Å². The maximum absolute atomic E-state index is 9.46. The maximum Gasteiger partial charge on any atom is 0.0721 e. The Labute approximate surface area is 87.7 Å². The van der Waals surface area contributed by atoms with Crippen LogP contribution in [0.5, 0.6) is 0 Å². The fourth-order valence-corrected chi connectivity index (χ4v) is 1.28. The van der Waals surface area contributed by atoms with Gasteiger partial charge >= 0.3 is 0 Å². The molecule has 0 aromatic heterocycles. The number of hydrogen-bond donors (Lipinski definition) is 2. The highest BCUT2D eigenvalue weighted by molar-refractivity contribution is 4.93. The second kappa shape index (κ2) is 9.22. The van der Waals surface area contributed by atoms with Crippen LogP contribution in [0, 0.1) is 0 Å². The van der Waals surface area contributed by atoms with E-state index in [-0.39, 0.29) is 12.2 Å². The molecule has 0 aliphatic rings. The summed E-state index contributed by atoms with van der Waals surface area (Å²) in [5.74, 6) is 0. The van der Waals surface area contributed by atoms with Crippen LogP contribution in [-0.2, 0) is 0 Å². The summed E-state index contributed by atoms with van der Waals surface area (Å²) in [6.07, 6.45) is 8.55. The molecule has 2 heteroatoms. The van der Waals surface area contributed by atoms with Crippen molar-refractivity contribution in [2.75, 3.05) is 0 Å². The molecule has 0 amide bonds. The summed E-state index contributed by atoms with van der Waals surface area (Å²) in [4.78, 5) is 0. The van der Waals surface area contributed by atoms with E-state index in [1.165, 1.54) is 0 Å². The normalized spacial score (nSPS) is 16.0. The Bertz CT molecular complexity index is 127. The molecule has 0 saturated heterocycles. The van der Waals surface area contributed by atoms with Gasteiger partial charge in [-0.05, 0) is 12.8 Å². The standard InChI is InChI=1S/C12H24O2/c1-3-5-7-11(13)9-10-12(14)8-6-4-2/h9-14H,3-8H2,1-2H3/b10-9+/t11-,12-/m1/s1. The van der Waals surface area contributed by atoms with Crippen molar-refractivity contribution in [1.82, 2.24) is 0 Å². The van der Waals surface area contributed by atoms with Crippen molar-refractivity contribution in [2.45, 2.75) is 64.6 Å². The van der Waals surface area contributed by atoms with E-state index in [2.05, 4.69) is 13.8 Å². The van der Waals surface area contributed by atoms with Crippen LogP contribution in [0.3, 0.4) is 0 Å². The van der Waals surface area contributed by atoms with Crippen LogP contribution in [0.1, 0.15) is 52.4 Å². The zero-order valence-corrected chi connectivity index (χ0v) is 9.45. The number of aliphatic hydroxyl groups excluding tert-OH is 2. The molecule has 0 aromatic rings. The Balaban J connectivity index is 3.56. The van der Waals surface area contributed by atoms with Gasteiger partial charge in [0.15, 0.2) is 0 Å². The van der Waals surface area contributed by atoms with Gasteiger partial charge in [0.2, 0.25) is 0 Å². The summed E-state index contributed by atoms with van der Waals surface area (Å²) in [7, 11) is 0. The lowest BCUT2D eigenvalue weighted by atomic mass is 10.1. The van der Waals surface area contributed by atoms with Crippen molar-refractivity contribution >= 4 is 0 Å². The predicted octanol–water partition coefficient (Wildman–Crippen LogP) is 2.64. The maximum atomic E-state index is 9.46. The molecule has 0 fully saturated rings. The molecule has 0 bridgehead atoms. The average molecular weight is 200 g/mol. The predicted molar refractivity (Wildman–Crippen MR) is 60.2 cm³/mol. The summed E-state index contributed by atoms with van der Waals surface area (Å²) in [6.45, 7) is 4.21. The van der Waals surface area contributed by atoms with Gasteiger partial charge in [-0.15, -0.1) is 0 Å². The number of rotatable bonds is 8. The molecule has 0 radical (unpaired) electrons. The molecule has 2 nitrogen and oxygen atoms in total. The summed E-state index contributed by atoms with van der Waals surface area (Å²) < 4.78 is 0. The minimum absolute atomic E-state index is 0.383. The van der Waals surface area contributed by atoms with Gasteiger partial charge in [0, 0.05) is 0 Å². The molecule has 0 unspecified atom stereocenters. The van der Waals surface area contributed by atoms with Crippen LogP contribution in [-0.4, -0.2) is 22.4 Å². The van der Waals surface area contributed by atoms with Crippen LogP contribution in [0.25, 0.3) is 0 Å². The molecule has 0 aromatic carbocycles. The minimum Gasteiger partial charge on any atom is -0.389 e. The Morgan fingerprint density at radius 1 is 0.857 bits per heavy atom. The van der Waals surface area contributed by atoms with Crippen LogP contribution in [0.2, 0.25) is 0 Å². The first-order valence-corrected chi connectivity index (χ1v) is 5.75. The highest BCUT2D eigenvalue weighted by atomic mass is 16.3. The molecule has 0 saturated carbocycles. The van der Waals surface area contributed by atoms with Crippen LogP contribution < -0.4 is 0 Å². The first-order chi connectivity index (χ1) is 6.70. The molecule has 0 heterocycles. The van der Waals surface area contributed by atoms with E-state index in [4.69, 9.17) is 0 Å². The van der Waals surface area contributed by atoms with Crippen LogP contribution in [0.15, 0.2) is 12.2 Å². The van der Waals surface area contributed by atoms with Gasteiger partial charge in [0.05, 0.1) is 12.2 Å². The van der Waals surface area contributed by atoms with Gasteiger partial charge < -0.3 is 10.2 Å². The Morgan fingerprint density at radius 2 is 1.21 bits per heavy atom. The van der Waals surface area contributed by atoms with Gasteiger partial charge in [-0.3, -0.25) is 0 Å². The topological polar surface area (TPSA) is 40.5 Å².